The molecule has 5 rings (SSSR count). The van der Waals surface area contributed by atoms with Gasteiger partial charge >= 0.3 is 0 Å². The fraction of sp³-hybridized carbons (Fsp3) is 0.250. The Morgan fingerprint density at radius 3 is 2.75 bits per heavy atom. The van der Waals surface area contributed by atoms with Crippen LogP contribution in [0.15, 0.2) is 75.0 Å². The minimum atomic E-state index is -0.320. The summed E-state index contributed by atoms with van der Waals surface area (Å²) in [6.07, 6.45) is 6.93. The number of benzene rings is 3. The second-order valence-electron chi connectivity index (χ2n) is 8.93. The van der Waals surface area contributed by atoms with Crippen molar-refractivity contribution in [2.24, 2.45) is 5.10 Å². The molecule has 1 aromatic heterocycles. The van der Waals surface area contributed by atoms with Crippen molar-refractivity contribution in [2.45, 2.75) is 44.6 Å². The van der Waals surface area contributed by atoms with Gasteiger partial charge in [0.25, 0.3) is 5.56 Å². The summed E-state index contributed by atoms with van der Waals surface area (Å²) >= 11 is 9.71. The number of nitrogens with zero attached hydrogens (tertiary/aromatic N) is 3. The minimum absolute atomic E-state index is 0.166. The van der Waals surface area contributed by atoms with Crippen molar-refractivity contribution < 1.29 is 9.13 Å². The van der Waals surface area contributed by atoms with Crippen LogP contribution in [0, 0.1) is 5.82 Å². The Kier molecular flexibility index (Phi) is 7.48. The largest absolute Gasteiger partial charge is 0.488 e. The summed E-state index contributed by atoms with van der Waals surface area (Å²) in [7, 11) is 0. The number of fused-ring (bicyclic) bond motifs is 1. The molecular weight excluding hydrogens is 545 g/mol. The van der Waals surface area contributed by atoms with E-state index in [1.54, 1.807) is 42.6 Å². The van der Waals surface area contributed by atoms with Crippen LogP contribution in [0.25, 0.3) is 10.9 Å². The monoisotopic (exact) mass is 567 g/mol. The molecule has 1 fully saturated rings. The van der Waals surface area contributed by atoms with Crippen LogP contribution in [0.5, 0.6) is 5.75 Å². The van der Waals surface area contributed by atoms with Crippen molar-refractivity contribution >= 4 is 44.6 Å². The van der Waals surface area contributed by atoms with Crippen molar-refractivity contribution in [2.75, 3.05) is 0 Å². The lowest BCUT2D eigenvalue weighted by atomic mass is 9.88. The van der Waals surface area contributed by atoms with Gasteiger partial charge in [-0.2, -0.15) is 9.78 Å². The summed E-state index contributed by atoms with van der Waals surface area (Å²) in [4.78, 5) is 18.4. The first-order chi connectivity index (χ1) is 17.5. The number of halogens is 3. The number of aromatic nitrogens is 2. The van der Waals surface area contributed by atoms with Gasteiger partial charge in [-0.3, -0.25) is 4.79 Å². The third-order valence-electron chi connectivity index (χ3n) is 6.37. The fourth-order valence-corrected chi connectivity index (χ4v) is 5.10. The van der Waals surface area contributed by atoms with E-state index in [1.807, 2.05) is 12.1 Å². The van der Waals surface area contributed by atoms with E-state index in [4.69, 9.17) is 21.3 Å². The predicted octanol–water partition coefficient (Wildman–Crippen LogP) is 7.46. The first kappa shape index (κ1) is 24.7. The average Bonchev–Trinajstić information content (AvgIpc) is 2.88. The van der Waals surface area contributed by atoms with E-state index in [0.29, 0.717) is 38.6 Å². The summed E-state index contributed by atoms with van der Waals surface area (Å²) in [6, 6.07) is 17.0. The standard InChI is InChI=1S/C28H24BrClFN3O2/c29-21-9-11-25-24(15-21)28(35)34(27(33-25)19-6-2-1-3-7-19)32-16-20-14-22(30)10-12-26(20)36-17-18-5-4-8-23(31)13-18/h4-5,8-16,19H,1-3,6-7,17H2. The molecule has 0 bridgehead atoms. The summed E-state index contributed by atoms with van der Waals surface area (Å²) in [5, 5.41) is 5.61. The Balaban J connectivity index is 1.54. The highest BCUT2D eigenvalue weighted by molar-refractivity contribution is 9.10. The average molecular weight is 569 g/mol. The van der Waals surface area contributed by atoms with E-state index >= 15 is 0 Å². The molecule has 1 aliphatic carbocycles. The predicted molar refractivity (Wildman–Crippen MR) is 145 cm³/mol. The highest BCUT2D eigenvalue weighted by Gasteiger charge is 2.22. The summed E-state index contributed by atoms with van der Waals surface area (Å²) < 4.78 is 21.7. The van der Waals surface area contributed by atoms with E-state index < -0.39 is 0 Å². The third-order valence-corrected chi connectivity index (χ3v) is 7.10. The van der Waals surface area contributed by atoms with Crippen LogP contribution in [0.4, 0.5) is 4.39 Å². The zero-order chi connectivity index (χ0) is 25.1. The molecule has 1 saturated carbocycles. The molecule has 5 nitrogen and oxygen atoms in total. The quantitative estimate of drug-likeness (QED) is 0.227. The van der Waals surface area contributed by atoms with Crippen LogP contribution < -0.4 is 10.3 Å². The third kappa shape index (κ3) is 5.52. The van der Waals surface area contributed by atoms with Crippen LogP contribution in [-0.4, -0.2) is 15.9 Å². The molecule has 184 valence electrons. The summed E-state index contributed by atoms with van der Waals surface area (Å²) in [5.41, 5.74) is 1.75. The Morgan fingerprint density at radius 2 is 1.94 bits per heavy atom. The molecule has 0 aliphatic heterocycles. The first-order valence-corrected chi connectivity index (χ1v) is 13.1. The summed E-state index contributed by atoms with van der Waals surface area (Å²) in [5.74, 6) is 1.05. The van der Waals surface area contributed by atoms with Gasteiger partial charge in [0.05, 0.1) is 17.1 Å². The van der Waals surface area contributed by atoms with Crippen LogP contribution >= 0.6 is 27.5 Å². The lowest BCUT2D eigenvalue weighted by molar-refractivity contribution is 0.305. The molecule has 36 heavy (non-hydrogen) atoms. The van der Waals surface area contributed by atoms with Gasteiger partial charge in [-0.05, 0) is 66.9 Å². The highest BCUT2D eigenvalue weighted by atomic mass is 79.9. The highest BCUT2D eigenvalue weighted by Crippen LogP contribution is 2.32. The van der Waals surface area contributed by atoms with Gasteiger partial charge in [-0.25, -0.2) is 9.37 Å². The lowest BCUT2D eigenvalue weighted by Crippen LogP contribution is -2.25. The normalized spacial score (nSPS) is 14.5. The van der Waals surface area contributed by atoms with Gasteiger partial charge in [0.2, 0.25) is 0 Å². The Labute approximate surface area is 221 Å². The molecule has 0 amide bonds. The molecule has 0 unspecified atom stereocenters. The molecule has 1 heterocycles. The van der Waals surface area contributed by atoms with Crippen LogP contribution in [0.3, 0.4) is 0 Å². The number of hydrogen-bond donors (Lipinski definition) is 0. The maximum Gasteiger partial charge on any atom is 0.282 e. The smallest absolute Gasteiger partial charge is 0.282 e. The second-order valence-corrected chi connectivity index (χ2v) is 10.3. The topological polar surface area (TPSA) is 56.5 Å². The SMILES string of the molecule is O=c1c2cc(Br)ccc2nc(C2CCCCC2)n1N=Cc1cc(Cl)ccc1OCc1cccc(F)c1. The zero-order valence-electron chi connectivity index (χ0n) is 19.5. The van der Waals surface area contributed by atoms with E-state index in [0.717, 1.165) is 30.2 Å². The molecule has 0 spiro atoms. The van der Waals surface area contributed by atoms with Crippen molar-refractivity contribution in [1.29, 1.82) is 0 Å². The van der Waals surface area contributed by atoms with Crippen molar-refractivity contribution in [3.63, 3.8) is 0 Å². The lowest BCUT2D eigenvalue weighted by Gasteiger charge is -2.22. The van der Waals surface area contributed by atoms with Crippen LogP contribution in [-0.2, 0) is 6.61 Å². The Bertz CT molecular complexity index is 1500. The van der Waals surface area contributed by atoms with Gasteiger partial charge < -0.3 is 4.74 Å². The van der Waals surface area contributed by atoms with Crippen molar-refractivity contribution in [3.8, 4) is 5.75 Å². The maximum atomic E-state index is 13.6. The molecule has 0 radical (unpaired) electrons. The second kappa shape index (κ2) is 10.9. The number of ether oxygens (including phenoxy) is 1. The number of rotatable bonds is 6. The number of hydrogen-bond acceptors (Lipinski definition) is 4. The maximum absolute atomic E-state index is 13.6. The molecule has 4 aromatic rings. The van der Waals surface area contributed by atoms with Gasteiger partial charge in [-0.1, -0.05) is 58.9 Å². The van der Waals surface area contributed by atoms with Crippen molar-refractivity contribution in [1.82, 2.24) is 9.66 Å². The van der Waals surface area contributed by atoms with Crippen LogP contribution in [0.2, 0.25) is 5.02 Å². The van der Waals surface area contributed by atoms with Gasteiger partial charge in [0.1, 0.15) is 24.0 Å². The molecule has 0 atom stereocenters. The first-order valence-electron chi connectivity index (χ1n) is 11.9. The van der Waals surface area contributed by atoms with Gasteiger partial charge in [-0.15, -0.1) is 0 Å². The molecule has 8 heteroatoms. The van der Waals surface area contributed by atoms with E-state index in [1.165, 1.54) is 23.2 Å². The van der Waals surface area contributed by atoms with Crippen LogP contribution in [0.1, 0.15) is 55.0 Å². The van der Waals surface area contributed by atoms with Gasteiger partial charge in [0, 0.05) is 21.0 Å². The van der Waals surface area contributed by atoms with E-state index in [9.17, 15) is 9.18 Å². The molecule has 0 saturated heterocycles. The molecule has 0 N–H and O–H groups in total. The fourth-order valence-electron chi connectivity index (χ4n) is 4.56. The molecule has 3 aromatic carbocycles. The molecule has 1 aliphatic rings. The minimum Gasteiger partial charge on any atom is -0.488 e. The zero-order valence-corrected chi connectivity index (χ0v) is 21.8. The van der Waals surface area contributed by atoms with Crippen molar-refractivity contribution in [3.05, 3.63) is 103 Å². The molecular formula is C28H24BrClFN3O2. The van der Waals surface area contributed by atoms with E-state index in [2.05, 4.69) is 21.0 Å². The van der Waals surface area contributed by atoms with E-state index in [-0.39, 0.29) is 23.9 Å². The Morgan fingerprint density at radius 1 is 1.11 bits per heavy atom. The Hall–Kier alpha value is -3.03. The summed E-state index contributed by atoms with van der Waals surface area (Å²) in [6.45, 7) is 0.180. The van der Waals surface area contributed by atoms with Gasteiger partial charge in [0.15, 0.2) is 0 Å².